The summed E-state index contributed by atoms with van der Waals surface area (Å²) < 4.78 is 24.1. The zero-order chi connectivity index (χ0) is 14.5. The second kappa shape index (κ2) is 6.70. The van der Waals surface area contributed by atoms with E-state index in [9.17, 15) is 9.18 Å². The number of halogens is 1. The SMILES string of the molecule is CCOC(=O)CN(Cc1cccc(OC)c1F)C1CC1. The predicted octanol–water partition coefficient (Wildman–Crippen LogP) is 2.36. The van der Waals surface area contributed by atoms with Crippen molar-refractivity contribution in [2.45, 2.75) is 32.4 Å². The number of hydrogen-bond donors (Lipinski definition) is 0. The number of rotatable bonds is 7. The maximum Gasteiger partial charge on any atom is 0.320 e. The van der Waals surface area contributed by atoms with Crippen LogP contribution >= 0.6 is 0 Å². The summed E-state index contributed by atoms with van der Waals surface area (Å²) in [5.74, 6) is -0.387. The van der Waals surface area contributed by atoms with Gasteiger partial charge in [-0.2, -0.15) is 0 Å². The molecular formula is C15H20FNO3. The van der Waals surface area contributed by atoms with E-state index in [4.69, 9.17) is 9.47 Å². The van der Waals surface area contributed by atoms with Gasteiger partial charge < -0.3 is 9.47 Å². The van der Waals surface area contributed by atoms with Crippen molar-refractivity contribution in [3.8, 4) is 5.75 Å². The Morgan fingerprint density at radius 1 is 1.45 bits per heavy atom. The Bertz CT molecular complexity index is 474. The van der Waals surface area contributed by atoms with Gasteiger partial charge >= 0.3 is 5.97 Å². The molecule has 4 nitrogen and oxygen atoms in total. The highest BCUT2D eigenvalue weighted by molar-refractivity contribution is 5.71. The molecule has 0 saturated heterocycles. The lowest BCUT2D eigenvalue weighted by Gasteiger charge is -2.21. The predicted molar refractivity (Wildman–Crippen MR) is 73.0 cm³/mol. The molecule has 0 unspecified atom stereocenters. The molecule has 1 fully saturated rings. The van der Waals surface area contributed by atoms with Crippen molar-refractivity contribution in [3.05, 3.63) is 29.6 Å². The van der Waals surface area contributed by atoms with Gasteiger partial charge in [0.1, 0.15) is 0 Å². The van der Waals surface area contributed by atoms with Crippen molar-refractivity contribution in [2.24, 2.45) is 0 Å². The van der Waals surface area contributed by atoms with Crippen LogP contribution in [0.25, 0.3) is 0 Å². The summed E-state index contributed by atoms with van der Waals surface area (Å²) in [4.78, 5) is 13.6. The van der Waals surface area contributed by atoms with Gasteiger partial charge in [-0.15, -0.1) is 0 Å². The standard InChI is InChI=1S/C15H20FNO3/c1-3-20-14(18)10-17(12-7-8-12)9-11-5-4-6-13(19-2)15(11)16/h4-6,12H,3,7-10H2,1-2H3. The summed E-state index contributed by atoms with van der Waals surface area (Å²) in [5.41, 5.74) is 0.542. The van der Waals surface area contributed by atoms with Crippen LogP contribution in [0.4, 0.5) is 4.39 Å². The number of esters is 1. The Morgan fingerprint density at radius 3 is 2.80 bits per heavy atom. The topological polar surface area (TPSA) is 38.8 Å². The van der Waals surface area contributed by atoms with Crippen LogP contribution in [-0.4, -0.2) is 37.2 Å². The molecule has 1 aliphatic rings. The number of ether oxygens (including phenoxy) is 2. The van der Waals surface area contributed by atoms with Crippen LogP contribution in [0.1, 0.15) is 25.3 Å². The number of carbonyl (C=O) groups is 1. The molecule has 0 radical (unpaired) electrons. The maximum absolute atomic E-state index is 14.1. The van der Waals surface area contributed by atoms with E-state index in [1.165, 1.54) is 7.11 Å². The summed E-state index contributed by atoms with van der Waals surface area (Å²) in [6.07, 6.45) is 2.09. The first-order valence-electron chi connectivity index (χ1n) is 6.86. The molecular weight excluding hydrogens is 261 g/mol. The highest BCUT2D eigenvalue weighted by atomic mass is 19.1. The van der Waals surface area contributed by atoms with Crippen molar-refractivity contribution in [1.82, 2.24) is 4.90 Å². The normalized spacial score (nSPS) is 14.4. The molecule has 0 spiro atoms. The molecule has 0 N–H and O–H groups in total. The van der Waals surface area contributed by atoms with Gasteiger partial charge in [0, 0.05) is 18.2 Å². The van der Waals surface area contributed by atoms with Crippen LogP contribution in [-0.2, 0) is 16.1 Å². The molecule has 5 heteroatoms. The van der Waals surface area contributed by atoms with Crippen LogP contribution < -0.4 is 4.74 Å². The van der Waals surface area contributed by atoms with E-state index in [1.807, 2.05) is 4.90 Å². The monoisotopic (exact) mass is 281 g/mol. The Labute approximate surface area is 118 Å². The molecule has 20 heavy (non-hydrogen) atoms. The minimum atomic E-state index is -0.357. The molecule has 0 aromatic heterocycles. The first kappa shape index (κ1) is 14.8. The molecule has 0 aliphatic heterocycles. The molecule has 110 valence electrons. The fourth-order valence-corrected chi connectivity index (χ4v) is 2.18. The fourth-order valence-electron chi connectivity index (χ4n) is 2.18. The molecule has 1 aromatic carbocycles. The lowest BCUT2D eigenvalue weighted by molar-refractivity contribution is -0.144. The minimum absolute atomic E-state index is 0.204. The zero-order valence-corrected chi connectivity index (χ0v) is 11.9. The van der Waals surface area contributed by atoms with Crippen molar-refractivity contribution in [1.29, 1.82) is 0 Å². The molecule has 0 heterocycles. The highest BCUT2D eigenvalue weighted by Crippen LogP contribution is 2.29. The molecule has 1 aromatic rings. The second-order valence-electron chi connectivity index (χ2n) is 4.87. The number of benzene rings is 1. The Hall–Kier alpha value is -1.62. The third kappa shape index (κ3) is 3.70. The van der Waals surface area contributed by atoms with Gasteiger partial charge in [0.05, 0.1) is 20.3 Å². The van der Waals surface area contributed by atoms with E-state index >= 15 is 0 Å². The fraction of sp³-hybridized carbons (Fsp3) is 0.533. The molecule has 0 bridgehead atoms. The van der Waals surface area contributed by atoms with Crippen molar-refractivity contribution in [3.63, 3.8) is 0 Å². The van der Waals surface area contributed by atoms with Crippen LogP contribution in [0.15, 0.2) is 18.2 Å². The third-order valence-electron chi connectivity index (χ3n) is 3.34. The smallest absolute Gasteiger partial charge is 0.320 e. The van der Waals surface area contributed by atoms with Crippen molar-refractivity contribution < 1.29 is 18.7 Å². The summed E-state index contributed by atoms with van der Waals surface area (Å²) in [6, 6.07) is 5.42. The van der Waals surface area contributed by atoms with Gasteiger partial charge in [0.15, 0.2) is 11.6 Å². The largest absolute Gasteiger partial charge is 0.494 e. The maximum atomic E-state index is 14.1. The van der Waals surface area contributed by atoms with E-state index < -0.39 is 0 Å². The molecule has 2 rings (SSSR count). The van der Waals surface area contributed by atoms with Crippen LogP contribution in [0.3, 0.4) is 0 Å². The Morgan fingerprint density at radius 2 is 2.20 bits per heavy atom. The number of carbonyl (C=O) groups excluding carboxylic acids is 1. The first-order chi connectivity index (χ1) is 9.65. The van der Waals surface area contributed by atoms with E-state index in [0.717, 1.165) is 12.8 Å². The Kier molecular flexibility index (Phi) is 4.95. The van der Waals surface area contributed by atoms with Crippen LogP contribution in [0, 0.1) is 5.82 Å². The van der Waals surface area contributed by atoms with Crippen molar-refractivity contribution in [2.75, 3.05) is 20.3 Å². The minimum Gasteiger partial charge on any atom is -0.494 e. The third-order valence-corrected chi connectivity index (χ3v) is 3.34. The summed E-state index contributed by atoms with van der Waals surface area (Å²) in [7, 11) is 1.44. The van der Waals surface area contributed by atoms with Gasteiger partial charge in [-0.3, -0.25) is 9.69 Å². The van der Waals surface area contributed by atoms with E-state index in [0.29, 0.717) is 24.8 Å². The Balaban J connectivity index is 2.06. The molecule has 1 saturated carbocycles. The van der Waals surface area contributed by atoms with Gasteiger partial charge in [-0.1, -0.05) is 12.1 Å². The summed E-state index contributed by atoms with van der Waals surface area (Å²) in [6.45, 7) is 2.74. The molecule has 0 atom stereocenters. The number of hydrogen-bond acceptors (Lipinski definition) is 4. The van der Waals surface area contributed by atoms with E-state index in [2.05, 4.69) is 0 Å². The summed E-state index contributed by atoms with van der Waals surface area (Å²) in [5, 5.41) is 0. The van der Waals surface area contributed by atoms with Gasteiger partial charge in [0.25, 0.3) is 0 Å². The molecule has 0 amide bonds. The highest BCUT2D eigenvalue weighted by Gasteiger charge is 2.31. The van der Waals surface area contributed by atoms with E-state index in [-0.39, 0.29) is 24.1 Å². The summed E-state index contributed by atoms with van der Waals surface area (Å²) >= 11 is 0. The second-order valence-corrected chi connectivity index (χ2v) is 4.87. The number of methoxy groups -OCH3 is 1. The average molecular weight is 281 g/mol. The van der Waals surface area contributed by atoms with Crippen molar-refractivity contribution >= 4 is 5.97 Å². The van der Waals surface area contributed by atoms with E-state index in [1.54, 1.807) is 25.1 Å². The van der Waals surface area contributed by atoms with Gasteiger partial charge in [-0.05, 0) is 25.8 Å². The zero-order valence-electron chi connectivity index (χ0n) is 11.9. The lowest BCUT2D eigenvalue weighted by atomic mass is 10.2. The number of nitrogens with zero attached hydrogens (tertiary/aromatic N) is 1. The molecule has 1 aliphatic carbocycles. The van der Waals surface area contributed by atoms with Crippen LogP contribution in [0.5, 0.6) is 5.75 Å². The first-order valence-corrected chi connectivity index (χ1v) is 6.86. The average Bonchev–Trinajstić information content (AvgIpc) is 3.25. The lowest BCUT2D eigenvalue weighted by Crippen LogP contribution is -2.32. The van der Waals surface area contributed by atoms with Gasteiger partial charge in [0.2, 0.25) is 0 Å². The van der Waals surface area contributed by atoms with Gasteiger partial charge in [-0.25, -0.2) is 4.39 Å². The van der Waals surface area contributed by atoms with Crippen LogP contribution in [0.2, 0.25) is 0 Å². The quantitative estimate of drug-likeness (QED) is 0.719.